The summed E-state index contributed by atoms with van der Waals surface area (Å²) in [6.07, 6.45) is -1.71. The van der Waals surface area contributed by atoms with Crippen LogP contribution in [0.3, 0.4) is 0 Å². The maximum atomic E-state index is 13.8. The lowest BCUT2D eigenvalue weighted by Gasteiger charge is -2.37. The van der Waals surface area contributed by atoms with Gasteiger partial charge in [0.1, 0.15) is 0 Å². The number of benzene rings is 2. The molecule has 3 atom stereocenters. The van der Waals surface area contributed by atoms with Crippen molar-refractivity contribution in [1.29, 1.82) is 0 Å². The molecular formula is C29H32F2N4O4S. The Morgan fingerprint density at radius 2 is 1.93 bits per heavy atom. The van der Waals surface area contributed by atoms with Gasteiger partial charge in [0.15, 0.2) is 10.7 Å². The number of rotatable bonds is 8. The number of halogens is 2. The highest BCUT2D eigenvalue weighted by Crippen LogP contribution is 2.41. The van der Waals surface area contributed by atoms with E-state index in [1.807, 2.05) is 17.5 Å². The van der Waals surface area contributed by atoms with Gasteiger partial charge in [0.2, 0.25) is 5.91 Å². The Morgan fingerprint density at radius 3 is 2.65 bits per heavy atom. The number of alkyl halides is 2. The van der Waals surface area contributed by atoms with Crippen molar-refractivity contribution in [1.82, 2.24) is 10.3 Å². The molecule has 2 aliphatic heterocycles. The fourth-order valence-electron chi connectivity index (χ4n) is 5.25. The van der Waals surface area contributed by atoms with E-state index in [0.29, 0.717) is 11.6 Å². The van der Waals surface area contributed by atoms with Gasteiger partial charge in [-0.2, -0.15) is 0 Å². The average Bonchev–Trinajstić information content (AvgIpc) is 3.62. The third kappa shape index (κ3) is 6.16. The molecule has 2 N–H and O–H groups in total. The number of thiazole rings is 1. The second kappa shape index (κ2) is 12.0. The molecule has 5 rings (SSSR count). The van der Waals surface area contributed by atoms with Crippen molar-refractivity contribution in [2.45, 2.75) is 50.9 Å². The summed E-state index contributed by atoms with van der Waals surface area (Å²) >= 11 is 1.29. The molecule has 2 amide bonds. The van der Waals surface area contributed by atoms with E-state index in [0.717, 1.165) is 30.0 Å². The van der Waals surface area contributed by atoms with E-state index < -0.39 is 23.8 Å². The number of amides is 2. The van der Waals surface area contributed by atoms with Crippen LogP contribution in [0.4, 0.5) is 19.6 Å². The number of nitrogens with one attached hydrogen (secondary N) is 2. The van der Waals surface area contributed by atoms with Crippen LogP contribution in [0, 0.1) is 0 Å². The second-order valence-electron chi connectivity index (χ2n) is 10.2. The van der Waals surface area contributed by atoms with Gasteiger partial charge >= 0.3 is 0 Å². The van der Waals surface area contributed by atoms with Crippen LogP contribution in [0.25, 0.3) is 11.3 Å². The van der Waals surface area contributed by atoms with Crippen molar-refractivity contribution in [2.24, 2.45) is 0 Å². The Kier molecular flexibility index (Phi) is 8.43. The Morgan fingerprint density at radius 1 is 1.15 bits per heavy atom. The largest absolute Gasteiger partial charge is 0.372 e. The lowest BCUT2D eigenvalue weighted by molar-refractivity contribution is -0.115. The fraction of sp³-hybridized carbons (Fsp3) is 0.414. The smallest absolute Gasteiger partial charge is 0.271 e. The summed E-state index contributed by atoms with van der Waals surface area (Å²) < 4.78 is 38.9. The summed E-state index contributed by atoms with van der Waals surface area (Å²) in [4.78, 5) is 32.1. The van der Waals surface area contributed by atoms with Crippen molar-refractivity contribution in [3.8, 4) is 11.3 Å². The van der Waals surface area contributed by atoms with Crippen LogP contribution in [0.5, 0.6) is 0 Å². The monoisotopic (exact) mass is 570 g/mol. The maximum absolute atomic E-state index is 13.8. The molecule has 0 saturated carbocycles. The van der Waals surface area contributed by atoms with Gasteiger partial charge in [0, 0.05) is 41.9 Å². The maximum Gasteiger partial charge on any atom is 0.271 e. The first-order valence-corrected chi connectivity index (χ1v) is 14.2. The number of hydrogen-bond donors (Lipinski definition) is 2. The summed E-state index contributed by atoms with van der Waals surface area (Å²) in [5.74, 6) is -0.985. The Hall–Kier alpha value is -3.41. The van der Waals surface area contributed by atoms with E-state index in [2.05, 4.69) is 46.5 Å². The van der Waals surface area contributed by atoms with Gasteiger partial charge in [-0.25, -0.2) is 13.8 Å². The zero-order valence-electron chi connectivity index (χ0n) is 22.4. The molecule has 0 spiro atoms. The minimum atomic E-state index is -2.71. The molecule has 8 nitrogen and oxygen atoms in total. The molecule has 1 unspecified atom stereocenters. The first kappa shape index (κ1) is 28.1. The summed E-state index contributed by atoms with van der Waals surface area (Å²) in [6.45, 7) is 5.70. The lowest BCUT2D eigenvalue weighted by atomic mass is 9.90. The summed E-state index contributed by atoms with van der Waals surface area (Å²) in [5, 5.41) is 7.54. The minimum absolute atomic E-state index is 0.147. The van der Waals surface area contributed by atoms with Gasteiger partial charge in [-0.05, 0) is 56.5 Å². The van der Waals surface area contributed by atoms with E-state index in [9.17, 15) is 18.4 Å². The third-order valence-corrected chi connectivity index (χ3v) is 7.86. The quantitative estimate of drug-likeness (QED) is 0.393. The first-order chi connectivity index (χ1) is 19.2. The van der Waals surface area contributed by atoms with Crippen LogP contribution < -0.4 is 15.5 Å². The van der Waals surface area contributed by atoms with E-state index >= 15 is 0 Å². The van der Waals surface area contributed by atoms with Gasteiger partial charge in [-0.3, -0.25) is 9.59 Å². The molecule has 212 valence electrons. The normalized spacial score (nSPS) is 22.9. The van der Waals surface area contributed by atoms with Crippen molar-refractivity contribution in [3.05, 3.63) is 65.0 Å². The minimum Gasteiger partial charge on any atom is -0.372 e. The summed E-state index contributed by atoms with van der Waals surface area (Å²) in [6, 6.07) is 14.1. The standard InChI is InChI=1S/C29H32F2N4O4S/c1-18-15-35(16-19(2)39-18)23-9-4-6-20(13-23)24-17-40-28(33-24)34-25(36)14-32-26(37)21-7-3-8-22(12-21)29(27(30)31)10-5-11-38-29/h3-4,6-9,12-13,17-19,27H,5,10-11,14-16H2,1-2H3,(H,32,37)(H,33,34,36)/t18-,19+,29?. The number of carbonyl (C=O) groups is 2. The van der Waals surface area contributed by atoms with Crippen molar-refractivity contribution in [3.63, 3.8) is 0 Å². The van der Waals surface area contributed by atoms with Crippen LogP contribution in [-0.2, 0) is 19.9 Å². The Labute approximate surface area is 235 Å². The zero-order chi connectivity index (χ0) is 28.3. The highest BCUT2D eigenvalue weighted by molar-refractivity contribution is 7.14. The molecule has 2 fully saturated rings. The van der Waals surface area contributed by atoms with Gasteiger partial charge in [-0.1, -0.05) is 24.3 Å². The molecule has 3 aromatic rings. The molecule has 0 radical (unpaired) electrons. The van der Waals surface area contributed by atoms with Crippen molar-refractivity contribution in [2.75, 3.05) is 36.5 Å². The Bertz CT molecular complexity index is 1350. The third-order valence-electron chi connectivity index (χ3n) is 7.10. The second-order valence-corrected chi connectivity index (χ2v) is 11.1. The van der Waals surface area contributed by atoms with Crippen molar-refractivity contribution < 1.29 is 27.8 Å². The molecule has 2 aliphatic rings. The predicted molar refractivity (Wildman–Crippen MR) is 150 cm³/mol. The van der Waals surface area contributed by atoms with Gasteiger partial charge in [0.05, 0.1) is 24.4 Å². The number of carbonyl (C=O) groups excluding carboxylic acids is 2. The van der Waals surface area contributed by atoms with Crippen LogP contribution >= 0.6 is 11.3 Å². The highest BCUT2D eigenvalue weighted by Gasteiger charge is 2.46. The number of aromatic nitrogens is 1. The summed E-state index contributed by atoms with van der Waals surface area (Å²) in [7, 11) is 0. The van der Waals surface area contributed by atoms with Crippen molar-refractivity contribution >= 4 is 34.0 Å². The average molecular weight is 571 g/mol. The number of morpholine rings is 1. The van der Waals surface area contributed by atoms with E-state index in [1.165, 1.54) is 23.5 Å². The molecule has 2 aromatic carbocycles. The van der Waals surface area contributed by atoms with Gasteiger partial charge in [-0.15, -0.1) is 11.3 Å². The SMILES string of the molecule is C[C@@H]1CN(c2cccc(-c3csc(NC(=O)CNC(=O)c4cccc(C5(C(F)F)CCCO5)c4)n3)c2)C[C@H](C)O1. The fourth-order valence-corrected chi connectivity index (χ4v) is 5.99. The number of nitrogens with zero attached hydrogens (tertiary/aromatic N) is 2. The molecule has 0 aliphatic carbocycles. The first-order valence-electron chi connectivity index (χ1n) is 13.3. The van der Waals surface area contributed by atoms with Gasteiger partial charge in [0.25, 0.3) is 12.3 Å². The van der Waals surface area contributed by atoms with E-state index in [4.69, 9.17) is 9.47 Å². The lowest BCUT2D eigenvalue weighted by Crippen LogP contribution is -2.45. The van der Waals surface area contributed by atoms with Crippen LogP contribution in [0.15, 0.2) is 53.9 Å². The molecular weight excluding hydrogens is 538 g/mol. The highest BCUT2D eigenvalue weighted by atomic mass is 32.1. The number of anilines is 2. The molecule has 1 aromatic heterocycles. The number of ether oxygens (including phenoxy) is 2. The van der Waals surface area contributed by atoms with Gasteiger partial charge < -0.3 is 25.0 Å². The molecule has 40 heavy (non-hydrogen) atoms. The zero-order valence-corrected chi connectivity index (χ0v) is 23.2. The molecule has 2 saturated heterocycles. The predicted octanol–water partition coefficient (Wildman–Crippen LogP) is 5.06. The molecule has 3 heterocycles. The molecule has 0 bridgehead atoms. The van der Waals surface area contributed by atoms with Crippen LogP contribution in [-0.4, -0.2) is 61.7 Å². The van der Waals surface area contributed by atoms with Crippen LogP contribution in [0.2, 0.25) is 0 Å². The van der Waals surface area contributed by atoms with E-state index in [1.54, 1.807) is 12.1 Å². The van der Waals surface area contributed by atoms with E-state index in [-0.39, 0.29) is 42.9 Å². The topological polar surface area (TPSA) is 92.8 Å². The Balaban J connectivity index is 1.18. The van der Waals surface area contributed by atoms with Crippen LogP contribution in [0.1, 0.15) is 42.6 Å². The number of hydrogen-bond acceptors (Lipinski definition) is 7. The summed E-state index contributed by atoms with van der Waals surface area (Å²) in [5.41, 5.74) is 1.50. The molecule has 11 heteroatoms.